The first-order chi connectivity index (χ1) is 13.9. The molecule has 0 aromatic heterocycles. The van der Waals surface area contributed by atoms with Crippen LogP contribution < -0.4 is 5.32 Å². The maximum Gasteiger partial charge on any atom is 0.331 e. The molecule has 3 rings (SSSR count). The van der Waals surface area contributed by atoms with Crippen LogP contribution in [0.15, 0.2) is 85.6 Å². The summed E-state index contributed by atoms with van der Waals surface area (Å²) >= 11 is 0.922. The lowest BCUT2D eigenvalue weighted by Crippen LogP contribution is -2.19. The van der Waals surface area contributed by atoms with Gasteiger partial charge in [-0.05, 0) is 30.0 Å². The van der Waals surface area contributed by atoms with Crippen molar-refractivity contribution in [2.45, 2.75) is 9.79 Å². The normalized spacial score (nSPS) is 17.1. The summed E-state index contributed by atoms with van der Waals surface area (Å²) < 4.78 is 30.2. The van der Waals surface area contributed by atoms with Crippen molar-refractivity contribution in [3.05, 3.63) is 71.1 Å². The predicted molar refractivity (Wildman–Crippen MR) is 109 cm³/mol. The van der Waals surface area contributed by atoms with Gasteiger partial charge in [0.15, 0.2) is 5.17 Å². The fourth-order valence-corrected chi connectivity index (χ4v) is 4.54. The van der Waals surface area contributed by atoms with Gasteiger partial charge in [0.25, 0.3) is 5.91 Å². The number of benzene rings is 2. The average Bonchev–Trinajstić information content (AvgIpc) is 3.07. The number of sulfone groups is 1. The molecule has 1 fully saturated rings. The quantitative estimate of drug-likeness (QED) is 0.337. The van der Waals surface area contributed by atoms with E-state index >= 15 is 0 Å². The smallest absolute Gasteiger partial charge is 0.331 e. The fraction of sp³-hybridized carbons (Fsp3) is 0.0526. The number of carbonyl (C=O) groups is 2. The van der Waals surface area contributed by atoms with E-state index in [0.29, 0.717) is 5.56 Å². The average molecular weight is 429 g/mol. The van der Waals surface area contributed by atoms with Gasteiger partial charge < -0.3 is 4.74 Å². The van der Waals surface area contributed by atoms with E-state index in [1.165, 1.54) is 31.5 Å². The van der Waals surface area contributed by atoms with E-state index in [0.717, 1.165) is 17.8 Å². The molecule has 1 heterocycles. The van der Waals surface area contributed by atoms with Gasteiger partial charge >= 0.3 is 5.97 Å². The first-order valence-corrected chi connectivity index (χ1v) is 10.5. The van der Waals surface area contributed by atoms with Crippen LogP contribution in [-0.4, -0.2) is 38.8 Å². The second-order valence-electron chi connectivity index (χ2n) is 5.59. The van der Waals surface area contributed by atoms with Gasteiger partial charge in [-0.15, -0.1) is 5.10 Å². The number of thioether (sulfide) groups is 1. The van der Waals surface area contributed by atoms with Gasteiger partial charge in [-0.25, -0.2) is 13.2 Å². The fourth-order valence-electron chi connectivity index (χ4n) is 2.34. The standard InChI is InChI=1S/C19H15N3O5S2/c1-27-17(23)11-15-18(24)21-19(28-15)22-20-12-13-7-5-6-10-16(13)29(25,26)14-8-3-2-4-9-14/h2-12H,1H3,(H,21,22,24)/b15-11+,20-12?. The van der Waals surface area contributed by atoms with Crippen LogP contribution >= 0.6 is 11.8 Å². The number of amides is 1. The molecule has 1 amide bonds. The van der Waals surface area contributed by atoms with Gasteiger partial charge in [-0.1, -0.05) is 36.4 Å². The van der Waals surface area contributed by atoms with Gasteiger partial charge in [0.05, 0.1) is 28.0 Å². The van der Waals surface area contributed by atoms with Crippen LogP contribution in [0.2, 0.25) is 0 Å². The van der Waals surface area contributed by atoms with Crippen molar-refractivity contribution in [3.63, 3.8) is 0 Å². The van der Waals surface area contributed by atoms with Gasteiger partial charge in [0.1, 0.15) is 0 Å². The van der Waals surface area contributed by atoms with E-state index in [1.807, 2.05) is 0 Å². The molecule has 0 saturated carbocycles. The third-order valence-corrected chi connectivity index (χ3v) is 6.45. The lowest BCUT2D eigenvalue weighted by Gasteiger charge is -2.07. The van der Waals surface area contributed by atoms with Crippen LogP contribution in [0.4, 0.5) is 0 Å². The Hall–Kier alpha value is -3.24. The van der Waals surface area contributed by atoms with Crippen molar-refractivity contribution in [1.82, 2.24) is 5.32 Å². The Morgan fingerprint density at radius 3 is 2.52 bits per heavy atom. The Kier molecular flexibility index (Phi) is 6.25. The van der Waals surface area contributed by atoms with Crippen LogP contribution in [-0.2, 0) is 24.2 Å². The molecule has 0 atom stereocenters. The topological polar surface area (TPSA) is 114 Å². The van der Waals surface area contributed by atoms with Crippen molar-refractivity contribution in [2.24, 2.45) is 10.2 Å². The SMILES string of the molecule is COC(=O)/C=C1/S/C(=N\N=Cc2ccccc2S(=O)(=O)c2ccccc2)NC1=O. The zero-order valence-corrected chi connectivity index (χ0v) is 16.7. The molecule has 148 valence electrons. The van der Waals surface area contributed by atoms with Crippen molar-refractivity contribution in [2.75, 3.05) is 7.11 Å². The van der Waals surface area contributed by atoms with Gasteiger partial charge in [0.2, 0.25) is 9.84 Å². The second-order valence-corrected chi connectivity index (χ2v) is 8.54. The highest BCUT2D eigenvalue weighted by molar-refractivity contribution is 8.18. The lowest BCUT2D eigenvalue weighted by molar-refractivity contribution is -0.135. The maximum atomic E-state index is 12.9. The van der Waals surface area contributed by atoms with Crippen LogP contribution in [0, 0.1) is 0 Å². The Morgan fingerprint density at radius 1 is 1.10 bits per heavy atom. The van der Waals surface area contributed by atoms with E-state index in [1.54, 1.807) is 36.4 Å². The molecule has 0 bridgehead atoms. The summed E-state index contributed by atoms with van der Waals surface area (Å²) in [6.45, 7) is 0. The van der Waals surface area contributed by atoms with Gasteiger partial charge in [-0.3, -0.25) is 10.1 Å². The number of rotatable bonds is 5. The van der Waals surface area contributed by atoms with Crippen molar-refractivity contribution in [3.8, 4) is 0 Å². The Bertz CT molecular complexity index is 1140. The third kappa shape index (κ3) is 4.79. The highest BCUT2D eigenvalue weighted by Gasteiger charge is 2.25. The summed E-state index contributed by atoms with van der Waals surface area (Å²) in [4.78, 5) is 23.4. The van der Waals surface area contributed by atoms with E-state index < -0.39 is 21.7 Å². The van der Waals surface area contributed by atoms with Crippen LogP contribution in [0.25, 0.3) is 0 Å². The molecule has 1 saturated heterocycles. The van der Waals surface area contributed by atoms with Gasteiger partial charge in [-0.2, -0.15) is 5.10 Å². The lowest BCUT2D eigenvalue weighted by atomic mass is 10.2. The molecule has 0 aliphatic carbocycles. The summed E-state index contributed by atoms with van der Waals surface area (Å²) in [7, 11) is -2.52. The number of carbonyl (C=O) groups excluding carboxylic acids is 2. The summed E-state index contributed by atoms with van der Waals surface area (Å²) in [6.07, 6.45) is 2.34. The number of amidine groups is 1. The molecular weight excluding hydrogens is 414 g/mol. The second kappa shape index (κ2) is 8.84. The minimum absolute atomic E-state index is 0.0875. The van der Waals surface area contributed by atoms with Gasteiger partial charge in [0, 0.05) is 11.6 Å². The molecule has 0 unspecified atom stereocenters. The first kappa shape index (κ1) is 20.5. The third-order valence-electron chi connectivity index (χ3n) is 3.71. The monoisotopic (exact) mass is 429 g/mol. The highest BCUT2D eigenvalue weighted by atomic mass is 32.2. The zero-order valence-electron chi connectivity index (χ0n) is 15.1. The van der Waals surface area contributed by atoms with E-state index in [-0.39, 0.29) is 19.9 Å². The number of ether oxygens (including phenoxy) is 1. The number of hydrogen-bond acceptors (Lipinski definition) is 8. The highest BCUT2D eigenvalue weighted by Crippen LogP contribution is 2.24. The number of hydrogen-bond donors (Lipinski definition) is 1. The summed E-state index contributed by atoms with van der Waals surface area (Å²) in [5, 5.41) is 10.4. The summed E-state index contributed by atoms with van der Waals surface area (Å²) in [5.74, 6) is -1.16. The van der Waals surface area contributed by atoms with Crippen LogP contribution in [0.5, 0.6) is 0 Å². The molecule has 1 aliphatic rings. The van der Waals surface area contributed by atoms with Crippen molar-refractivity contribution < 1.29 is 22.7 Å². The minimum atomic E-state index is -3.73. The predicted octanol–water partition coefficient (Wildman–Crippen LogP) is 2.13. The van der Waals surface area contributed by atoms with Crippen LogP contribution in [0.1, 0.15) is 5.56 Å². The molecule has 2 aromatic carbocycles. The Balaban J connectivity index is 1.85. The molecule has 10 heteroatoms. The minimum Gasteiger partial charge on any atom is -0.466 e. The summed E-state index contributed by atoms with van der Waals surface area (Å²) in [6, 6.07) is 14.5. The zero-order chi connectivity index (χ0) is 20.9. The molecule has 0 spiro atoms. The molecular formula is C19H15N3O5S2. The maximum absolute atomic E-state index is 12.9. The number of nitrogens with one attached hydrogen (secondary N) is 1. The Morgan fingerprint density at radius 2 is 1.79 bits per heavy atom. The van der Waals surface area contributed by atoms with Crippen molar-refractivity contribution in [1.29, 1.82) is 0 Å². The van der Waals surface area contributed by atoms with E-state index in [9.17, 15) is 18.0 Å². The number of esters is 1. The molecule has 1 N–H and O–H groups in total. The van der Waals surface area contributed by atoms with E-state index in [2.05, 4.69) is 20.3 Å². The van der Waals surface area contributed by atoms with Crippen molar-refractivity contribution >= 4 is 44.9 Å². The number of nitrogens with zero attached hydrogens (tertiary/aromatic N) is 2. The molecule has 1 aliphatic heterocycles. The molecule has 0 radical (unpaired) electrons. The molecule has 2 aromatic rings. The van der Waals surface area contributed by atoms with E-state index in [4.69, 9.17) is 0 Å². The number of methoxy groups -OCH3 is 1. The molecule has 29 heavy (non-hydrogen) atoms. The summed E-state index contributed by atoms with van der Waals surface area (Å²) in [5.41, 5.74) is 0.348. The molecule has 8 nitrogen and oxygen atoms in total. The first-order valence-electron chi connectivity index (χ1n) is 8.21. The largest absolute Gasteiger partial charge is 0.466 e. The van der Waals surface area contributed by atoms with Crippen LogP contribution in [0.3, 0.4) is 0 Å². The Labute approximate surface area is 171 Å².